The molecule has 1 rings (SSSR count). The van der Waals surface area contributed by atoms with Crippen molar-refractivity contribution in [2.24, 2.45) is 11.1 Å². The van der Waals surface area contributed by atoms with E-state index in [2.05, 4.69) is 33.0 Å². The van der Waals surface area contributed by atoms with Gasteiger partial charge < -0.3 is 11.1 Å². The summed E-state index contributed by atoms with van der Waals surface area (Å²) in [6, 6.07) is 7.81. The molecule has 94 valence electrons. The van der Waals surface area contributed by atoms with Gasteiger partial charge in [-0.3, -0.25) is 4.79 Å². The van der Waals surface area contributed by atoms with Gasteiger partial charge in [0.2, 0.25) is 5.91 Å². The minimum absolute atomic E-state index is 0.196. The average molecular weight is 234 g/mol. The van der Waals surface area contributed by atoms with Crippen LogP contribution in [0.1, 0.15) is 43.6 Å². The van der Waals surface area contributed by atoms with Gasteiger partial charge in [-0.1, -0.05) is 39.0 Å². The molecule has 17 heavy (non-hydrogen) atoms. The lowest BCUT2D eigenvalue weighted by atomic mass is 9.88. The van der Waals surface area contributed by atoms with Crippen LogP contribution in [-0.4, -0.2) is 11.9 Å². The van der Waals surface area contributed by atoms with Gasteiger partial charge in [0.1, 0.15) is 0 Å². The molecule has 0 bridgehead atoms. The van der Waals surface area contributed by atoms with Crippen molar-refractivity contribution in [2.45, 2.75) is 40.3 Å². The maximum Gasteiger partial charge on any atom is 0.249 e. The number of nitrogens with two attached hydrogens (primary N) is 1. The Labute approximate surface area is 103 Å². The number of benzene rings is 1. The van der Waals surface area contributed by atoms with E-state index in [0.717, 1.165) is 5.56 Å². The molecule has 1 atom stereocenters. The molecule has 0 saturated heterocycles. The third-order valence-electron chi connectivity index (χ3n) is 3.18. The molecule has 0 spiro atoms. The Morgan fingerprint density at radius 3 is 2.47 bits per heavy atom. The summed E-state index contributed by atoms with van der Waals surface area (Å²) in [7, 11) is 0. The van der Waals surface area contributed by atoms with Gasteiger partial charge >= 0.3 is 0 Å². The Morgan fingerprint density at radius 1 is 1.35 bits per heavy atom. The highest BCUT2D eigenvalue weighted by molar-refractivity contribution is 5.94. The van der Waals surface area contributed by atoms with E-state index in [9.17, 15) is 4.79 Å². The van der Waals surface area contributed by atoms with Crippen molar-refractivity contribution in [3.05, 3.63) is 35.4 Å². The first-order chi connectivity index (χ1) is 7.82. The number of amides is 1. The summed E-state index contributed by atoms with van der Waals surface area (Å²) in [5.41, 5.74) is 7.09. The highest BCUT2D eigenvalue weighted by atomic mass is 16.1. The molecule has 0 fully saturated rings. The van der Waals surface area contributed by atoms with Crippen LogP contribution in [0.5, 0.6) is 0 Å². The number of nitrogens with one attached hydrogen (secondary N) is 1. The molecule has 3 heteroatoms. The summed E-state index contributed by atoms with van der Waals surface area (Å²) in [6.07, 6.45) is 0. The van der Waals surface area contributed by atoms with Crippen molar-refractivity contribution in [3.8, 4) is 0 Å². The molecule has 0 aromatic heterocycles. The summed E-state index contributed by atoms with van der Waals surface area (Å²) >= 11 is 0. The van der Waals surface area contributed by atoms with E-state index in [0.29, 0.717) is 18.2 Å². The van der Waals surface area contributed by atoms with Gasteiger partial charge in [-0.15, -0.1) is 0 Å². The van der Waals surface area contributed by atoms with Crippen LogP contribution >= 0.6 is 0 Å². The van der Waals surface area contributed by atoms with E-state index in [-0.39, 0.29) is 11.3 Å². The van der Waals surface area contributed by atoms with Crippen LogP contribution in [0.2, 0.25) is 0 Å². The topological polar surface area (TPSA) is 55.1 Å². The minimum atomic E-state index is -0.370. The van der Waals surface area contributed by atoms with Crippen molar-refractivity contribution in [3.63, 3.8) is 0 Å². The second kappa shape index (κ2) is 5.32. The fourth-order valence-corrected chi connectivity index (χ4v) is 1.48. The minimum Gasteiger partial charge on any atom is -0.366 e. The molecule has 1 unspecified atom stereocenters. The van der Waals surface area contributed by atoms with Gasteiger partial charge in [-0.2, -0.15) is 0 Å². The highest BCUT2D eigenvalue weighted by Gasteiger charge is 2.19. The van der Waals surface area contributed by atoms with E-state index >= 15 is 0 Å². The first-order valence-electron chi connectivity index (χ1n) is 5.93. The molecule has 3 N–H and O–H groups in total. The number of carbonyl (C=O) groups is 1. The molecule has 1 amide bonds. The van der Waals surface area contributed by atoms with Gasteiger partial charge in [-0.25, -0.2) is 0 Å². The third kappa shape index (κ3) is 3.86. The summed E-state index contributed by atoms with van der Waals surface area (Å²) in [4.78, 5) is 11.3. The molecule has 0 heterocycles. The largest absolute Gasteiger partial charge is 0.366 e. The molecule has 1 aromatic rings. The van der Waals surface area contributed by atoms with Crippen LogP contribution in [-0.2, 0) is 6.54 Å². The average Bonchev–Trinajstić information content (AvgIpc) is 2.24. The van der Waals surface area contributed by atoms with Crippen molar-refractivity contribution < 1.29 is 4.79 Å². The van der Waals surface area contributed by atoms with Crippen molar-refractivity contribution in [1.82, 2.24) is 5.32 Å². The molecule has 3 nitrogen and oxygen atoms in total. The van der Waals surface area contributed by atoms with E-state index in [1.807, 2.05) is 18.2 Å². The van der Waals surface area contributed by atoms with Crippen LogP contribution in [0.4, 0.5) is 0 Å². The first-order valence-corrected chi connectivity index (χ1v) is 5.93. The molecule has 0 aliphatic heterocycles. The summed E-state index contributed by atoms with van der Waals surface area (Å²) in [6.45, 7) is 9.37. The Kier molecular flexibility index (Phi) is 4.29. The van der Waals surface area contributed by atoms with E-state index < -0.39 is 0 Å². The first kappa shape index (κ1) is 13.7. The Hall–Kier alpha value is -1.35. The molecule has 1 aromatic carbocycles. The number of hydrogen-bond donors (Lipinski definition) is 2. The lowest BCUT2D eigenvalue weighted by Crippen LogP contribution is -2.37. The standard InChI is InChI=1S/C14H22N2O/c1-10(14(2,3)4)16-9-11-7-5-6-8-12(11)13(15)17/h5-8,10,16H,9H2,1-4H3,(H2,15,17). The summed E-state index contributed by atoms with van der Waals surface area (Å²) in [5, 5.41) is 3.43. The molecule has 0 saturated carbocycles. The summed E-state index contributed by atoms with van der Waals surface area (Å²) in [5.74, 6) is -0.370. The zero-order chi connectivity index (χ0) is 13.1. The Morgan fingerprint density at radius 2 is 1.94 bits per heavy atom. The SMILES string of the molecule is CC(NCc1ccccc1C(N)=O)C(C)(C)C. The highest BCUT2D eigenvalue weighted by Crippen LogP contribution is 2.19. The third-order valence-corrected chi connectivity index (χ3v) is 3.18. The monoisotopic (exact) mass is 234 g/mol. The molecule has 0 aliphatic carbocycles. The second-order valence-corrected chi connectivity index (χ2v) is 5.49. The lowest BCUT2D eigenvalue weighted by Gasteiger charge is -2.28. The van der Waals surface area contributed by atoms with Gasteiger partial charge in [-0.05, 0) is 24.0 Å². The van der Waals surface area contributed by atoms with Gasteiger partial charge in [0.05, 0.1) is 0 Å². The zero-order valence-corrected chi connectivity index (χ0v) is 11.1. The zero-order valence-electron chi connectivity index (χ0n) is 11.1. The van der Waals surface area contributed by atoms with Crippen LogP contribution in [0.15, 0.2) is 24.3 Å². The van der Waals surface area contributed by atoms with Crippen molar-refractivity contribution in [2.75, 3.05) is 0 Å². The Bertz CT molecular complexity index is 393. The number of carbonyl (C=O) groups excluding carboxylic acids is 1. The van der Waals surface area contributed by atoms with Crippen molar-refractivity contribution >= 4 is 5.91 Å². The maximum atomic E-state index is 11.3. The number of primary amides is 1. The molecule has 0 aliphatic rings. The van der Waals surface area contributed by atoms with Gasteiger partial charge in [0, 0.05) is 18.2 Å². The molecular weight excluding hydrogens is 212 g/mol. The fraction of sp³-hybridized carbons (Fsp3) is 0.500. The van der Waals surface area contributed by atoms with Gasteiger partial charge in [0.15, 0.2) is 0 Å². The summed E-state index contributed by atoms with van der Waals surface area (Å²) < 4.78 is 0. The molecular formula is C14H22N2O. The maximum absolute atomic E-state index is 11.3. The second-order valence-electron chi connectivity index (χ2n) is 5.49. The number of rotatable bonds is 4. The predicted octanol–water partition coefficient (Wildman–Crippen LogP) is 2.31. The quantitative estimate of drug-likeness (QED) is 0.840. The lowest BCUT2D eigenvalue weighted by molar-refractivity contribution is 0.0999. The van der Waals surface area contributed by atoms with Crippen molar-refractivity contribution in [1.29, 1.82) is 0 Å². The van der Waals surface area contributed by atoms with Crippen LogP contribution in [0.3, 0.4) is 0 Å². The Balaban J connectivity index is 2.73. The van der Waals surface area contributed by atoms with Crippen LogP contribution in [0, 0.1) is 5.41 Å². The van der Waals surface area contributed by atoms with E-state index in [1.54, 1.807) is 6.07 Å². The van der Waals surface area contributed by atoms with Crippen LogP contribution < -0.4 is 11.1 Å². The van der Waals surface area contributed by atoms with Crippen LogP contribution in [0.25, 0.3) is 0 Å². The van der Waals surface area contributed by atoms with Gasteiger partial charge in [0.25, 0.3) is 0 Å². The number of hydrogen-bond acceptors (Lipinski definition) is 2. The van der Waals surface area contributed by atoms with E-state index in [4.69, 9.17) is 5.73 Å². The molecule has 0 radical (unpaired) electrons. The predicted molar refractivity (Wildman–Crippen MR) is 70.7 cm³/mol. The van der Waals surface area contributed by atoms with E-state index in [1.165, 1.54) is 0 Å². The smallest absolute Gasteiger partial charge is 0.249 e. The fourth-order valence-electron chi connectivity index (χ4n) is 1.48. The normalized spacial score (nSPS) is 13.4.